The lowest BCUT2D eigenvalue weighted by atomic mass is 10.3. The largest absolute Gasteiger partial charge is 0.346 e. The lowest BCUT2D eigenvalue weighted by molar-refractivity contribution is 0.0198. The molecule has 86 valence electrons. The van der Waals surface area contributed by atoms with E-state index in [1.807, 2.05) is 0 Å². The van der Waals surface area contributed by atoms with Crippen LogP contribution in [0.2, 0.25) is 0 Å². The van der Waals surface area contributed by atoms with Crippen molar-refractivity contribution in [3.05, 3.63) is 44.8 Å². The first kappa shape index (κ1) is 10.8. The van der Waals surface area contributed by atoms with Crippen LogP contribution < -0.4 is 17.0 Å². The van der Waals surface area contributed by atoms with Gasteiger partial charge in [0, 0.05) is 18.3 Å². The van der Waals surface area contributed by atoms with Crippen LogP contribution in [0.4, 0.5) is 0 Å². The zero-order valence-corrected chi connectivity index (χ0v) is 8.84. The second kappa shape index (κ2) is 4.07. The number of rotatable bonds is 2. The van der Waals surface area contributed by atoms with E-state index in [0.29, 0.717) is 12.1 Å². The van der Waals surface area contributed by atoms with Crippen LogP contribution in [0.5, 0.6) is 0 Å². The molecule has 6 nitrogen and oxygen atoms in total. The Morgan fingerprint density at radius 3 is 2.88 bits per heavy atom. The molecule has 1 aromatic rings. The van der Waals surface area contributed by atoms with Gasteiger partial charge >= 0.3 is 5.69 Å². The van der Waals surface area contributed by atoms with E-state index in [-0.39, 0.29) is 11.7 Å². The van der Waals surface area contributed by atoms with Crippen molar-refractivity contribution in [3.8, 4) is 0 Å². The lowest BCUT2D eigenvalue weighted by Gasteiger charge is -2.15. The lowest BCUT2D eigenvalue weighted by Crippen LogP contribution is -2.34. The number of aryl methyl sites for hydroxylation is 1. The third-order valence-electron chi connectivity index (χ3n) is 2.46. The summed E-state index contributed by atoms with van der Waals surface area (Å²) < 4.78 is 6.81. The standard InChI is InChI=1S/C10H13N3O3/c1-6-5-13(10(15)12-9(6)14)8-3-2-7(4-11)16-8/h2-3,5,7-8H,4,11H2,1H3,(H,12,14,15)/t7-,8-/m0/s1. The highest BCUT2D eigenvalue weighted by Crippen LogP contribution is 2.18. The predicted molar refractivity (Wildman–Crippen MR) is 58.2 cm³/mol. The zero-order valence-electron chi connectivity index (χ0n) is 8.84. The Labute approximate surface area is 91.4 Å². The highest BCUT2D eigenvalue weighted by molar-refractivity contribution is 5.06. The molecule has 6 heteroatoms. The van der Waals surface area contributed by atoms with Crippen molar-refractivity contribution in [1.82, 2.24) is 9.55 Å². The van der Waals surface area contributed by atoms with Crippen LogP contribution in [0.15, 0.2) is 27.9 Å². The van der Waals surface area contributed by atoms with Crippen molar-refractivity contribution in [2.75, 3.05) is 6.54 Å². The number of aromatic nitrogens is 2. The van der Waals surface area contributed by atoms with Gasteiger partial charge in [-0.15, -0.1) is 0 Å². The van der Waals surface area contributed by atoms with Crippen molar-refractivity contribution >= 4 is 0 Å². The van der Waals surface area contributed by atoms with Gasteiger partial charge < -0.3 is 10.5 Å². The molecule has 2 rings (SSSR count). The van der Waals surface area contributed by atoms with Gasteiger partial charge in [0.15, 0.2) is 6.23 Å². The zero-order chi connectivity index (χ0) is 11.7. The number of aromatic amines is 1. The second-order valence-electron chi connectivity index (χ2n) is 3.66. The fourth-order valence-corrected chi connectivity index (χ4v) is 1.56. The summed E-state index contributed by atoms with van der Waals surface area (Å²) in [6.45, 7) is 2.00. The van der Waals surface area contributed by atoms with Crippen LogP contribution in [0.1, 0.15) is 11.8 Å². The molecular weight excluding hydrogens is 210 g/mol. The topological polar surface area (TPSA) is 90.1 Å². The number of nitrogens with zero attached hydrogens (tertiary/aromatic N) is 1. The third-order valence-corrected chi connectivity index (χ3v) is 2.46. The van der Waals surface area contributed by atoms with Crippen LogP contribution in [-0.4, -0.2) is 22.2 Å². The molecule has 16 heavy (non-hydrogen) atoms. The van der Waals surface area contributed by atoms with Crippen molar-refractivity contribution in [2.45, 2.75) is 19.3 Å². The van der Waals surface area contributed by atoms with E-state index in [0.717, 1.165) is 0 Å². The average molecular weight is 223 g/mol. The molecule has 0 bridgehead atoms. The minimum absolute atomic E-state index is 0.177. The number of nitrogens with two attached hydrogens (primary N) is 1. The molecule has 0 aliphatic carbocycles. The molecule has 0 aromatic carbocycles. The monoisotopic (exact) mass is 223 g/mol. The van der Waals surface area contributed by atoms with Gasteiger partial charge in [0.25, 0.3) is 5.56 Å². The predicted octanol–water partition coefficient (Wildman–Crippen LogP) is -0.743. The molecule has 0 fully saturated rings. The Hall–Kier alpha value is -1.66. The molecule has 1 aromatic heterocycles. The molecule has 0 saturated carbocycles. The molecule has 0 spiro atoms. The van der Waals surface area contributed by atoms with E-state index in [1.54, 1.807) is 19.1 Å². The number of H-pyrrole nitrogens is 1. The molecule has 0 saturated heterocycles. The SMILES string of the molecule is Cc1cn([C@@H]2C=C[C@@H](CN)O2)c(=O)[nH]c1=O. The highest BCUT2D eigenvalue weighted by atomic mass is 16.5. The van der Waals surface area contributed by atoms with E-state index in [1.165, 1.54) is 10.8 Å². The first-order valence-electron chi connectivity index (χ1n) is 4.97. The smallest absolute Gasteiger partial charge is 0.330 e. The maximum absolute atomic E-state index is 11.5. The summed E-state index contributed by atoms with van der Waals surface area (Å²) >= 11 is 0. The van der Waals surface area contributed by atoms with Gasteiger partial charge in [-0.2, -0.15) is 0 Å². The highest BCUT2D eigenvalue weighted by Gasteiger charge is 2.20. The maximum Gasteiger partial charge on any atom is 0.330 e. The number of nitrogens with one attached hydrogen (secondary N) is 1. The molecule has 2 heterocycles. The number of ether oxygens (including phenoxy) is 1. The van der Waals surface area contributed by atoms with Gasteiger partial charge in [-0.1, -0.05) is 6.08 Å². The van der Waals surface area contributed by atoms with E-state index < -0.39 is 11.9 Å². The molecule has 0 radical (unpaired) electrons. The van der Waals surface area contributed by atoms with Gasteiger partial charge in [0.2, 0.25) is 0 Å². The molecular formula is C10H13N3O3. The van der Waals surface area contributed by atoms with E-state index in [4.69, 9.17) is 10.5 Å². The molecule has 1 aliphatic rings. The summed E-state index contributed by atoms with van der Waals surface area (Å²) in [5.74, 6) is 0. The average Bonchev–Trinajstić information content (AvgIpc) is 2.71. The second-order valence-corrected chi connectivity index (χ2v) is 3.66. The molecule has 3 N–H and O–H groups in total. The van der Waals surface area contributed by atoms with Crippen molar-refractivity contribution < 1.29 is 4.74 Å². The normalized spacial score (nSPS) is 23.9. The first-order valence-corrected chi connectivity index (χ1v) is 4.97. The summed E-state index contributed by atoms with van der Waals surface area (Å²) in [4.78, 5) is 24.9. The Balaban J connectivity index is 2.36. The fourth-order valence-electron chi connectivity index (χ4n) is 1.56. The van der Waals surface area contributed by atoms with Crippen LogP contribution >= 0.6 is 0 Å². The molecule has 2 atom stereocenters. The van der Waals surface area contributed by atoms with Gasteiger partial charge in [0.05, 0.1) is 6.10 Å². The molecule has 0 unspecified atom stereocenters. The van der Waals surface area contributed by atoms with E-state index in [9.17, 15) is 9.59 Å². The molecule has 1 aliphatic heterocycles. The quantitative estimate of drug-likeness (QED) is 0.646. The maximum atomic E-state index is 11.5. The van der Waals surface area contributed by atoms with Crippen molar-refractivity contribution in [3.63, 3.8) is 0 Å². The summed E-state index contributed by atoms with van der Waals surface area (Å²) in [7, 11) is 0. The number of hydrogen-bond acceptors (Lipinski definition) is 4. The van der Waals surface area contributed by atoms with E-state index >= 15 is 0 Å². The minimum atomic E-state index is -0.489. The Morgan fingerprint density at radius 1 is 1.50 bits per heavy atom. The first-order chi connectivity index (χ1) is 7.61. The summed E-state index contributed by atoms with van der Waals surface area (Å²) in [5.41, 5.74) is 5.05. The van der Waals surface area contributed by atoms with Gasteiger partial charge in [-0.25, -0.2) is 4.79 Å². The summed E-state index contributed by atoms with van der Waals surface area (Å²) in [6.07, 6.45) is 4.37. The Morgan fingerprint density at radius 2 is 2.25 bits per heavy atom. The summed E-state index contributed by atoms with van der Waals surface area (Å²) in [5, 5.41) is 0. The molecule has 0 amide bonds. The minimum Gasteiger partial charge on any atom is -0.346 e. The van der Waals surface area contributed by atoms with Gasteiger partial charge in [-0.3, -0.25) is 14.3 Å². The third kappa shape index (κ3) is 1.84. The van der Waals surface area contributed by atoms with Crippen molar-refractivity contribution in [2.24, 2.45) is 5.73 Å². The van der Waals surface area contributed by atoms with Crippen LogP contribution in [0.3, 0.4) is 0 Å². The number of hydrogen-bond donors (Lipinski definition) is 2. The van der Waals surface area contributed by atoms with E-state index in [2.05, 4.69) is 4.98 Å². The van der Waals surface area contributed by atoms with Crippen LogP contribution in [0.25, 0.3) is 0 Å². The van der Waals surface area contributed by atoms with Gasteiger partial charge in [-0.05, 0) is 13.0 Å². The Kier molecular flexibility index (Phi) is 2.76. The summed E-state index contributed by atoms with van der Waals surface area (Å²) in [6, 6.07) is 0. The van der Waals surface area contributed by atoms with Gasteiger partial charge in [0.1, 0.15) is 0 Å². The Bertz CT molecular complexity index is 529. The van der Waals surface area contributed by atoms with Crippen LogP contribution in [0, 0.1) is 6.92 Å². The fraction of sp³-hybridized carbons (Fsp3) is 0.400. The van der Waals surface area contributed by atoms with Crippen LogP contribution in [-0.2, 0) is 4.74 Å². The van der Waals surface area contributed by atoms with Crippen molar-refractivity contribution in [1.29, 1.82) is 0 Å².